The number of epoxide rings is 2. The Labute approximate surface area is 593 Å². The second kappa shape index (κ2) is 36.2. The SMILES string of the molecule is COc1ccc(C[C@H]2NC(=O)/C=C/C[C@@H]([C@H](C)[C@H]3O[C@@H]3c3ccc(CN=[N+]=[N-])cc3)OC(=O)[C@H](CC(C)C)OC(=O)C(C)(C)CNC2=O)cc1Cl.COc1ccc(C[C@H]2NC(=O)/C=C/C[C@@H]([C@H](C)[C@H]3O[C@@H]3c3ccc(CO)cc3)OC(=O)[C@H](CC(C)C)OC(=O)C(C)(C)CNC2=O)cc1Cl. The molecule has 2 saturated heterocycles. The van der Waals surface area contributed by atoms with Crippen LogP contribution >= 0.6 is 23.2 Å². The quantitative estimate of drug-likeness (QED) is 0.0145. The molecule has 0 bridgehead atoms. The van der Waals surface area contributed by atoms with Crippen LogP contribution in [-0.4, -0.2) is 129 Å². The molecule has 12 atom stereocenters. The van der Waals surface area contributed by atoms with Gasteiger partial charge >= 0.3 is 23.9 Å². The number of esters is 4. The van der Waals surface area contributed by atoms with Crippen LogP contribution in [0.5, 0.6) is 11.5 Å². The molecule has 4 amide bonds. The highest BCUT2D eigenvalue weighted by Gasteiger charge is 2.50. The molecule has 4 aromatic rings. The summed E-state index contributed by atoms with van der Waals surface area (Å²) in [6, 6.07) is 23.2. The van der Waals surface area contributed by atoms with Crippen molar-refractivity contribution in [1.82, 2.24) is 21.3 Å². The number of nitrogens with one attached hydrogen (secondary N) is 4. The van der Waals surface area contributed by atoms with E-state index < -0.39 is 94.8 Å². The lowest BCUT2D eigenvalue weighted by atomic mass is 9.92. The van der Waals surface area contributed by atoms with E-state index in [1.165, 1.54) is 26.4 Å². The van der Waals surface area contributed by atoms with Gasteiger partial charge in [0.2, 0.25) is 23.6 Å². The highest BCUT2D eigenvalue weighted by molar-refractivity contribution is 6.32. The summed E-state index contributed by atoms with van der Waals surface area (Å²) in [5.74, 6) is -4.49. The summed E-state index contributed by atoms with van der Waals surface area (Å²) >= 11 is 12.6. The monoisotopic (exact) mass is 1420 g/mol. The Balaban J connectivity index is 0.000000281. The number of azide groups is 1. The smallest absolute Gasteiger partial charge is 0.347 e. The van der Waals surface area contributed by atoms with Crippen LogP contribution in [-0.2, 0) is 92.8 Å². The third-order valence-electron chi connectivity index (χ3n) is 17.7. The maximum atomic E-state index is 13.7. The Kier molecular flexibility index (Phi) is 28.5. The number of nitrogens with zero attached hydrogens (tertiary/aromatic N) is 3. The highest BCUT2D eigenvalue weighted by atomic mass is 35.5. The normalized spacial score (nSPS) is 25.8. The molecule has 2 fully saturated rings. The minimum absolute atomic E-state index is 0.00322. The standard InChI is InChI=1S/C37H46ClN5O8.C37H47ClN2O9/c1-21(2)16-30-35(46)49-28(22(3)32-33(51-32)25-13-10-23(11-14-25)19-41-43-39)8-7-9-31(44)42-27(18-24-12-15-29(48-6)26(38)17-24)34(45)40-20-37(4,5)36(47)50-30;1-21(2)16-30-35(44)47-28(22(3)32-33(49-32)25-13-10-23(19-41)11-14-25)8-7-9-31(42)40-27(18-24-12-15-29(46-6)26(38)17-24)34(43)39-20-37(4,5)36(45)48-30/h7,9-15,17,21-22,27-28,30,32-33H,8,16,18-20H2,1-6H3,(H,40,45)(H,42,44);7,9-15,17,21-22,27-28,30,32-33,41H,8,16,18-20H2,1-6H3,(H,39,43)(H,40,42)/b2*9-7+/t2*22-,27+,28-,30-,32+,33+/m00/s1. The molecule has 8 rings (SSSR count). The van der Waals surface area contributed by atoms with Crippen LogP contribution in [0.2, 0.25) is 10.0 Å². The molecule has 5 N–H and O–H groups in total. The first kappa shape index (κ1) is 78.8. The number of cyclic esters (lactones) is 4. The van der Waals surface area contributed by atoms with Crippen LogP contribution < -0.4 is 30.7 Å². The minimum Gasteiger partial charge on any atom is -0.495 e. The van der Waals surface area contributed by atoms with E-state index in [1.54, 1.807) is 76.2 Å². The summed E-state index contributed by atoms with van der Waals surface area (Å²) in [6.45, 7) is 17.8. The van der Waals surface area contributed by atoms with Gasteiger partial charge in [-0.05, 0) is 128 Å². The first-order valence-electron chi connectivity index (χ1n) is 33.5. The van der Waals surface area contributed by atoms with Crippen LogP contribution in [0.25, 0.3) is 10.4 Å². The number of aliphatic hydroxyl groups excluding tert-OH is 1. The van der Waals surface area contributed by atoms with Crippen molar-refractivity contribution in [2.75, 3.05) is 27.3 Å². The Morgan fingerprint density at radius 1 is 0.570 bits per heavy atom. The van der Waals surface area contributed by atoms with Gasteiger partial charge in [-0.2, -0.15) is 0 Å². The van der Waals surface area contributed by atoms with E-state index in [0.29, 0.717) is 32.7 Å². The highest BCUT2D eigenvalue weighted by Crippen LogP contribution is 2.47. The molecule has 540 valence electrons. The van der Waals surface area contributed by atoms with Gasteiger partial charge < -0.3 is 64.3 Å². The van der Waals surface area contributed by atoms with E-state index in [0.717, 1.165) is 22.3 Å². The van der Waals surface area contributed by atoms with Crippen molar-refractivity contribution >= 4 is 70.7 Å². The summed E-state index contributed by atoms with van der Waals surface area (Å²) in [6.07, 6.45) is 1.92. The zero-order chi connectivity index (χ0) is 73.2. The number of rotatable bonds is 19. The zero-order valence-corrected chi connectivity index (χ0v) is 60.1. The van der Waals surface area contributed by atoms with E-state index in [4.69, 9.17) is 66.6 Å². The van der Waals surface area contributed by atoms with Crippen molar-refractivity contribution in [3.05, 3.63) is 163 Å². The van der Waals surface area contributed by atoms with Crippen LogP contribution in [0.3, 0.4) is 0 Å². The number of amides is 4. The van der Waals surface area contributed by atoms with Gasteiger partial charge in [0, 0.05) is 55.5 Å². The molecule has 24 nitrogen and oxygen atoms in total. The second-order valence-electron chi connectivity index (χ2n) is 27.7. The molecule has 4 aromatic carbocycles. The molecule has 4 heterocycles. The predicted octanol–water partition coefficient (Wildman–Crippen LogP) is 10.6. The maximum absolute atomic E-state index is 13.7. The van der Waals surface area contributed by atoms with Gasteiger partial charge in [-0.3, -0.25) is 28.8 Å². The second-order valence-corrected chi connectivity index (χ2v) is 28.6. The van der Waals surface area contributed by atoms with Crippen LogP contribution in [0, 0.1) is 34.5 Å². The first-order valence-corrected chi connectivity index (χ1v) is 34.3. The zero-order valence-electron chi connectivity index (χ0n) is 58.6. The molecule has 0 unspecified atom stereocenters. The predicted molar refractivity (Wildman–Crippen MR) is 372 cm³/mol. The van der Waals surface area contributed by atoms with Gasteiger partial charge in [0.25, 0.3) is 0 Å². The fraction of sp³-hybridized carbons (Fsp3) is 0.514. The number of ether oxygens (including phenoxy) is 8. The van der Waals surface area contributed by atoms with Gasteiger partial charge in [0.1, 0.15) is 48.0 Å². The average molecular weight is 1420 g/mol. The van der Waals surface area contributed by atoms with Crippen molar-refractivity contribution in [3.8, 4) is 11.5 Å². The summed E-state index contributed by atoms with van der Waals surface area (Å²) in [4.78, 5) is 110. The van der Waals surface area contributed by atoms with Gasteiger partial charge in [-0.15, -0.1) is 0 Å². The molecule has 0 spiro atoms. The summed E-state index contributed by atoms with van der Waals surface area (Å²) in [5.41, 5.74) is 11.0. The Hall–Kier alpha value is -8.51. The topological polar surface area (TPSA) is 334 Å². The van der Waals surface area contributed by atoms with Crippen molar-refractivity contribution in [1.29, 1.82) is 0 Å². The number of benzene rings is 4. The lowest BCUT2D eigenvalue weighted by Gasteiger charge is -2.29. The van der Waals surface area contributed by atoms with E-state index in [-0.39, 0.29) is 113 Å². The van der Waals surface area contributed by atoms with Crippen molar-refractivity contribution < 1.29 is 81.4 Å². The molecule has 0 radical (unpaired) electrons. The van der Waals surface area contributed by atoms with Crippen LogP contribution in [0.4, 0.5) is 0 Å². The Morgan fingerprint density at radius 2 is 0.950 bits per heavy atom. The van der Waals surface area contributed by atoms with E-state index in [2.05, 4.69) is 31.3 Å². The van der Waals surface area contributed by atoms with E-state index >= 15 is 0 Å². The largest absolute Gasteiger partial charge is 0.495 e. The maximum Gasteiger partial charge on any atom is 0.347 e. The molecular formula is C74H93Cl2N7O17. The van der Waals surface area contributed by atoms with Gasteiger partial charge in [-0.1, -0.05) is 143 Å². The number of carbonyl (C=O) groups excluding carboxylic acids is 8. The fourth-order valence-electron chi connectivity index (χ4n) is 11.4. The molecule has 100 heavy (non-hydrogen) atoms. The third kappa shape index (κ3) is 22.8. The lowest BCUT2D eigenvalue weighted by molar-refractivity contribution is -0.179. The van der Waals surface area contributed by atoms with E-state index in [9.17, 15) is 43.5 Å². The van der Waals surface area contributed by atoms with Crippen molar-refractivity contribution in [3.63, 3.8) is 0 Å². The minimum atomic E-state index is -1.22. The average Bonchev–Trinajstić information content (AvgIpc) is 1.63. The van der Waals surface area contributed by atoms with Gasteiger partial charge in [-0.25, -0.2) is 9.59 Å². The number of aliphatic hydroxyl groups is 1. The van der Waals surface area contributed by atoms with E-state index in [1.807, 2.05) is 90.1 Å². The lowest BCUT2D eigenvalue weighted by Crippen LogP contribution is -2.51. The molecule has 26 heteroatoms. The molecule has 0 saturated carbocycles. The van der Waals surface area contributed by atoms with Crippen LogP contribution in [0.15, 0.2) is 114 Å². The summed E-state index contributed by atoms with van der Waals surface area (Å²) in [5, 5.41) is 24.8. The summed E-state index contributed by atoms with van der Waals surface area (Å²) < 4.78 is 46.2. The third-order valence-corrected chi connectivity index (χ3v) is 18.3. The molecule has 0 aliphatic carbocycles. The number of halogens is 2. The Morgan fingerprint density at radius 3 is 1.30 bits per heavy atom. The van der Waals surface area contributed by atoms with Gasteiger partial charge in [0.15, 0.2) is 12.2 Å². The summed E-state index contributed by atoms with van der Waals surface area (Å²) in [7, 11) is 3.00. The van der Waals surface area contributed by atoms with Gasteiger partial charge in [0.05, 0.1) is 60.5 Å². The number of hydrogen-bond acceptors (Lipinski definition) is 18. The number of methoxy groups -OCH3 is 2. The fourth-order valence-corrected chi connectivity index (χ4v) is 11.9. The van der Waals surface area contributed by atoms with Crippen LogP contribution in [0.1, 0.15) is 141 Å². The number of hydrogen-bond donors (Lipinski definition) is 5. The molecule has 0 aromatic heterocycles. The Bertz CT molecular complexity index is 3650. The van der Waals surface area contributed by atoms with Crippen molar-refractivity contribution in [2.24, 2.45) is 39.6 Å². The first-order chi connectivity index (χ1) is 47.4. The molecular weight excluding hydrogens is 1330 g/mol. The van der Waals surface area contributed by atoms with Crippen molar-refractivity contribution in [2.45, 2.75) is 182 Å². The molecule has 4 aliphatic rings. The number of carbonyl (C=O) groups is 8. The molecule has 4 aliphatic heterocycles.